The Kier molecular flexibility index (Phi) is 27.7. The fraction of sp³-hybridized carbons (Fsp3) is 0.394. The molecule has 2 aliphatic carbocycles. The average molecular weight is 1830 g/mol. The standard InChI is InChI=1S/C29H35FN4O.C28H29FN4O2.C26H27FN4O2.C26H31FN4O/c1-31-27-6-3-14-33(23-4-2-5-23)19-26(27)25-12-11-24(18-28(25)31)34-17-16-32(20-29(34)35)15-13-21-7-9-22(30)10-8-21;1-31-26-6-3-12-32(21-4-2-5-21)17-25(26)24-10-9-22(14-27(24)31)33-13-11-23(15-28(33)34)35-18-20-8-7-19(29)16-30-20;1-3-30-11-4-5-24-23(16-30)22-9-8-20(13-25(22)29(24)2)31-12-10-21(14-26(31)32)33-17-19-7-6-18(27)15-28-19;1-28-12-3-4-24-23(17-28)22-10-9-21(16-25(22)29(24)2)31-15-14-30(18-26(31)32)13-11-19-5-7-20(27)8-6-19/h7-12,18,23H,2-6,13-17,19-20H2,1H3;7-11,13-16,21H,2-6,12,17-18H2,1H3;6-10,12-15H,3-5,11,16-17H2,1-2H3;5-10,16H,3-4,11-15,17-18H2,1-2H3. The molecule has 135 heavy (non-hydrogen) atoms. The minimum atomic E-state index is -0.393. The van der Waals surface area contributed by atoms with Crippen molar-refractivity contribution in [3.8, 4) is 22.9 Å². The van der Waals surface area contributed by atoms with Gasteiger partial charge in [0.2, 0.25) is 11.8 Å². The second-order valence-electron chi connectivity index (χ2n) is 37.9. The van der Waals surface area contributed by atoms with Crippen LogP contribution in [0.1, 0.15) is 139 Å². The van der Waals surface area contributed by atoms with Crippen LogP contribution in [0.2, 0.25) is 0 Å². The van der Waals surface area contributed by atoms with Gasteiger partial charge in [0.25, 0.3) is 11.1 Å². The monoisotopic (exact) mass is 1830 g/mol. The first-order valence-corrected chi connectivity index (χ1v) is 48.4. The smallest absolute Gasteiger partial charge is 0.258 e. The quantitative estimate of drug-likeness (QED) is 0.0701. The third kappa shape index (κ3) is 20.2. The first-order chi connectivity index (χ1) is 65.6. The lowest BCUT2D eigenvalue weighted by molar-refractivity contribution is -0.122. The van der Waals surface area contributed by atoms with Crippen molar-refractivity contribution in [2.24, 2.45) is 28.2 Å². The molecule has 6 aliphatic heterocycles. The number of nitrogens with zero attached hydrogens (tertiary/aromatic N) is 16. The summed E-state index contributed by atoms with van der Waals surface area (Å²) in [5.41, 5.74) is 23.0. The van der Waals surface area contributed by atoms with E-state index in [1.807, 2.05) is 46.2 Å². The summed E-state index contributed by atoms with van der Waals surface area (Å²) < 4.78 is 76.2. The summed E-state index contributed by atoms with van der Waals surface area (Å²) >= 11 is 0. The van der Waals surface area contributed by atoms with E-state index in [1.165, 1.54) is 197 Å². The van der Waals surface area contributed by atoms with Crippen LogP contribution in [-0.2, 0) is 116 Å². The van der Waals surface area contributed by atoms with Gasteiger partial charge in [-0.3, -0.25) is 62.8 Å². The van der Waals surface area contributed by atoms with Crippen molar-refractivity contribution in [3.63, 3.8) is 0 Å². The molecule has 2 amide bonds. The highest BCUT2D eigenvalue weighted by molar-refractivity contribution is 6.00. The SMILES string of the molecule is CCN1CCCc2c(c3ccc(-n4ccc(OCc5ccc(F)cn5)cc4=O)cc3n2C)C1.CN1CCCc2c(c3ccc(N4CCN(CCc5ccc(F)cc5)CC4=O)cc3n2C)C1.Cn1c2c(c3ccc(-n4ccc(OCc5ccc(F)cn5)cc4=O)cc31)CN(C1CCC1)CCC2.Cn1c2c(c3ccc(N4CCN(CCc5ccc(F)cc5)CC4=O)cc31)CN(C1CCC1)CCC2. The number of hydrogen-bond acceptors (Lipinski definition) is 14. The number of hydrogen-bond donors (Lipinski definition) is 0. The number of pyridine rings is 4. The third-order valence-corrected chi connectivity index (χ3v) is 29.6. The number of halogens is 4. The second kappa shape index (κ2) is 40.7. The largest absolute Gasteiger partial charge is 0.487 e. The van der Waals surface area contributed by atoms with E-state index in [4.69, 9.17) is 9.47 Å². The Bertz CT molecular complexity index is 6770. The molecule has 22 nitrogen and oxygen atoms in total. The number of benzene rings is 6. The zero-order valence-electron chi connectivity index (χ0n) is 78.5. The average Bonchev–Trinajstić information content (AvgIpc) is 1.63. The molecule has 702 valence electrons. The minimum Gasteiger partial charge on any atom is -0.487 e. The molecule has 0 N–H and O–H groups in total. The van der Waals surface area contributed by atoms with Crippen LogP contribution in [0.15, 0.2) is 204 Å². The molecule has 2 saturated carbocycles. The van der Waals surface area contributed by atoms with E-state index in [9.17, 15) is 36.7 Å². The predicted molar refractivity (Wildman–Crippen MR) is 524 cm³/mol. The molecule has 6 aromatic carbocycles. The maximum Gasteiger partial charge on any atom is 0.258 e. The summed E-state index contributed by atoms with van der Waals surface area (Å²) in [6, 6.07) is 52.8. The Morgan fingerprint density at radius 1 is 0.356 bits per heavy atom. The molecule has 4 fully saturated rings. The number of fused-ring (bicyclic) bond motifs is 12. The van der Waals surface area contributed by atoms with Gasteiger partial charge in [0.05, 0.1) is 70.3 Å². The normalized spacial score (nSPS) is 17.3. The number of carbonyl (C=O) groups excluding carboxylic acids is 2. The van der Waals surface area contributed by atoms with E-state index in [0.717, 1.165) is 186 Å². The molecule has 8 aromatic heterocycles. The van der Waals surface area contributed by atoms with Crippen LogP contribution in [0.3, 0.4) is 0 Å². The van der Waals surface area contributed by atoms with Crippen molar-refractivity contribution in [1.29, 1.82) is 0 Å². The lowest BCUT2D eigenvalue weighted by atomic mass is 9.91. The summed E-state index contributed by atoms with van der Waals surface area (Å²) in [4.78, 5) is 78.4. The molecule has 26 heteroatoms. The van der Waals surface area contributed by atoms with E-state index >= 15 is 0 Å². The molecule has 2 saturated heterocycles. The van der Waals surface area contributed by atoms with Gasteiger partial charge in [0, 0.05) is 186 Å². The topological polar surface area (TPSA) is 168 Å². The first kappa shape index (κ1) is 91.8. The maximum absolute atomic E-state index is 13.1. The summed E-state index contributed by atoms with van der Waals surface area (Å²) in [6.45, 7) is 17.8. The van der Waals surface area contributed by atoms with Gasteiger partial charge in [-0.15, -0.1) is 0 Å². The molecule has 0 spiro atoms. The number of rotatable bonds is 19. The Labute approximate surface area is 786 Å². The van der Waals surface area contributed by atoms with Gasteiger partial charge in [-0.05, 0) is 272 Å². The molecule has 14 aromatic rings. The zero-order chi connectivity index (χ0) is 93.1. The van der Waals surface area contributed by atoms with Crippen LogP contribution in [0.4, 0.5) is 28.9 Å². The van der Waals surface area contributed by atoms with Gasteiger partial charge in [-0.25, -0.2) is 17.6 Å². The summed E-state index contributed by atoms with van der Waals surface area (Å²) in [6.07, 6.45) is 24.6. The van der Waals surface area contributed by atoms with Crippen molar-refractivity contribution in [2.45, 2.75) is 161 Å². The molecule has 0 radical (unpaired) electrons. The Morgan fingerprint density at radius 2 is 0.726 bits per heavy atom. The number of amides is 2. The van der Waals surface area contributed by atoms with Gasteiger partial charge < -0.3 is 42.4 Å². The molecular formula is C109H122F4N16O6. The Hall–Kier alpha value is -12.3. The summed E-state index contributed by atoms with van der Waals surface area (Å²) in [7, 11) is 10.8. The highest BCUT2D eigenvalue weighted by Crippen LogP contribution is 2.40. The summed E-state index contributed by atoms with van der Waals surface area (Å²) in [5, 5.41) is 5.21. The fourth-order valence-corrected chi connectivity index (χ4v) is 21.4. The van der Waals surface area contributed by atoms with Crippen LogP contribution < -0.4 is 30.4 Å². The minimum absolute atomic E-state index is 0.144. The van der Waals surface area contributed by atoms with Gasteiger partial charge in [0.1, 0.15) is 48.0 Å². The number of anilines is 2. The fourth-order valence-electron chi connectivity index (χ4n) is 21.4. The number of aromatic nitrogens is 8. The first-order valence-electron chi connectivity index (χ1n) is 48.4. The molecule has 14 heterocycles. The van der Waals surface area contributed by atoms with Crippen LogP contribution in [0.5, 0.6) is 11.5 Å². The van der Waals surface area contributed by atoms with Gasteiger partial charge >= 0.3 is 0 Å². The van der Waals surface area contributed by atoms with Crippen molar-refractivity contribution >= 4 is 66.8 Å². The number of carbonyl (C=O) groups is 2. The molecule has 0 unspecified atom stereocenters. The number of piperazine rings is 2. The molecule has 8 aliphatic rings. The highest BCUT2D eigenvalue weighted by atomic mass is 19.1. The van der Waals surface area contributed by atoms with Gasteiger partial charge in [-0.2, -0.15) is 0 Å². The van der Waals surface area contributed by atoms with Crippen molar-refractivity contribution < 1.29 is 36.6 Å². The highest BCUT2D eigenvalue weighted by Gasteiger charge is 2.34. The molecule has 0 atom stereocenters. The van der Waals surface area contributed by atoms with Gasteiger partial charge in [-0.1, -0.05) is 68.3 Å². The Morgan fingerprint density at radius 3 is 1.10 bits per heavy atom. The van der Waals surface area contributed by atoms with Crippen LogP contribution in [-0.4, -0.2) is 183 Å². The van der Waals surface area contributed by atoms with E-state index in [-0.39, 0.29) is 47.8 Å². The third-order valence-electron chi connectivity index (χ3n) is 29.6. The van der Waals surface area contributed by atoms with E-state index in [2.05, 4.69) is 160 Å². The number of ether oxygens (including phenoxy) is 2. The van der Waals surface area contributed by atoms with E-state index < -0.39 is 11.6 Å². The molecular weight excluding hydrogens is 1710 g/mol. The summed E-state index contributed by atoms with van der Waals surface area (Å²) in [5.74, 6) is 0.00548. The Balaban J connectivity index is 0.000000116. The maximum atomic E-state index is 13.1. The van der Waals surface area contributed by atoms with Crippen LogP contribution >= 0.6 is 0 Å². The zero-order valence-corrected chi connectivity index (χ0v) is 78.5. The van der Waals surface area contributed by atoms with Crippen LogP contribution in [0, 0.1) is 23.3 Å². The van der Waals surface area contributed by atoms with Crippen LogP contribution in [0.25, 0.3) is 55.0 Å². The predicted octanol–water partition coefficient (Wildman–Crippen LogP) is 17.0. The van der Waals surface area contributed by atoms with E-state index in [0.29, 0.717) is 49.1 Å². The number of aryl methyl sites for hydroxylation is 4. The van der Waals surface area contributed by atoms with Gasteiger partial charge in [0.15, 0.2) is 0 Å². The lowest BCUT2D eigenvalue weighted by Gasteiger charge is -2.37. The van der Waals surface area contributed by atoms with Crippen molar-refractivity contribution in [3.05, 3.63) is 306 Å². The van der Waals surface area contributed by atoms with Crippen molar-refractivity contribution in [1.82, 2.24) is 66.8 Å². The molecule has 0 bridgehead atoms. The molecule has 22 rings (SSSR count). The lowest BCUT2D eigenvalue weighted by Crippen LogP contribution is -2.50. The van der Waals surface area contributed by atoms with E-state index in [1.54, 1.807) is 45.8 Å². The van der Waals surface area contributed by atoms with Crippen molar-refractivity contribution in [2.75, 3.05) is 102 Å². The second-order valence-corrected chi connectivity index (χ2v) is 37.9.